The molecule has 0 saturated carbocycles. The molecule has 1 saturated heterocycles. The third-order valence-electron chi connectivity index (χ3n) is 4.56. The first-order valence-electron chi connectivity index (χ1n) is 8.68. The number of nitrogens with two attached hydrogens (primary N) is 1. The van der Waals surface area contributed by atoms with Crippen LogP contribution in [0.3, 0.4) is 0 Å². The number of β-amino-alcohol motifs (C(OH)–C–C–N with tert-alkyl or cyclic N) is 1. The molecular weight excluding hydrogens is 314 g/mol. The SMILES string of the molecule is NC(=O)Nc1ccc(CC2CN(CC(O)Cc3ccccc3)C2)cc1. The monoisotopic (exact) mass is 339 g/mol. The number of carbonyl (C=O) groups excluding carboxylic acids is 1. The van der Waals surface area contributed by atoms with E-state index in [9.17, 15) is 9.90 Å². The van der Waals surface area contributed by atoms with Gasteiger partial charge in [-0.1, -0.05) is 42.5 Å². The molecule has 2 amide bonds. The van der Waals surface area contributed by atoms with Crippen molar-refractivity contribution in [2.45, 2.75) is 18.9 Å². The third kappa shape index (κ3) is 5.31. The number of primary amides is 1. The van der Waals surface area contributed by atoms with E-state index in [-0.39, 0.29) is 6.10 Å². The Balaban J connectivity index is 1.38. The van der Waals surface area contributed by atoms with Gasteiger partial charge in [0.05, 0.1) is 6.10 Å². The Morgan fingerprint density at radius 1 is 1.12 bits per heavy atom. The van der Waals surface area contributed by atoms with Crippen molar-refractivity contribution < 1.29 is 9.90 Å². The smallest absolute Gasteiger partial charge is 0.316 e. The van der Waals surface area contributed by atoms with Gasteiger partial charge in [-0.25, -0.2) is 4.79 Å². The Morgan fingerprint density at radius 2 is 1.80 bits per heavy atom. The second-order valence-corrected chi connectivity index (χ2v) is 6.82. The second-order valence-electron chi connectivity index (χ2n) is 6.82. The molecule has 0 aliphatic carbocycles. The van der Waals surface area contributed by atoms with Crippen LogP contribution in [0.1, 0.15) is 11.1 Å². The van der Waals surface area contributed by atoms with Crippen molar-refractivity contribution in [1.29, 1.82) is 0 Å². The highest BCUT2D eigenvalue weighted by atomic mass is 16.3. The zero-order valence-corrected chi connectivity index (χ0v) is 14.3. The molecule has 132 valence electrons. The van der Waals surface area contributed by atoms with E-state index >= 15 is 0 Å². The fourth-order valence-electron chi connectivity index (χ4n) is 3.40. The number of aliphatic hydroxyl groups excluding tert-OH is 1. The van der Waals surface area contributed by atoms with Crippen LogP contribution >= 0.6 is 0 Å². The lowest BCUT2D eigenvalue weighted by Crippen LogP contribution is -2.50. The average Bonchev–Trinajstić information content (AvgIpc) is 2.55. The van der Waals surface area contributed by atoms with Crippen LogP contribution in [0.4, 0.5) is 10.5 Å². The lowest BCUT2D eigenvalue weighted by Gasteiger charge is -2.40. The van der Waals surface area contributed by atoms with Gasteiger partial charge in [0.15, 0.2) is 0 Å². The minimum atomic E-state index is -0.545. The van der Waals surface area contributed by atoms with Crippen LogP contribution < -0.4 is 11.1 Å². The number of likely N-dealkylation sites (tertiary alicyclic amines) is 1. The minimum absolute atomic E-state index is 0.317. The quantitative estimate of drug-likeness (QED) is 0.724. The summed E-state index contributed by atoms with van der Waals surface area (Å²) >= 11 is 0. The number of nitrogens with one attached hydrogen (secondary N) is 1. The Labute approximate surface area is 148 Å². The third-order valence-corrected chi connectivity index (χ3v) is 4.56. The Kier molecular flexibility index (Phi) is 5.68. The van der Waals surface area contributed by atoms with Gasteiger partial charge in [-0.15, -0.1) is 0 Å². The van der Waals surface area contributed by atoms with E-state index in [1.54, 1.807) is 0 Å². The summed E-state index contributed by atoms with van der Waals surface area (Å²) in [5.41, 5.74) is 8.25. The summed E-state index contributed by atoms with van der Waals surface area (Å²) in [6.45, 7) is 2.77. The summed E-state index contributed by atoms with van der Waals surface area (Å²) in [6, 6.07) is 17.4. The Hall–Kier alpha value is -2.37. The highest BCUT2D eigenvalue weighted by molar-refractivity contribution is 5.87. The molecule has 1 atom stereocenters. The summed E-state index contributed by atoms with van der Waals surface area (Å²) in [5.74, 6) is 0.624. The van der Waals surface area contributed by atoms with Crippen molar-refractivity contribution >= 4 is 11.7 Å². The van der Waals surface area contributed by atoms with Gasteiger partial charge in [-0.2, -0.15) is 0 Å². The topological polar surface area (TPSA) is 78.6 Å². The van der Waals surface area contributed by atoms with Gasteiger partial charge in [0, 0.05) is 25.3 Å². The first kappa shape index (κ1) is 17.5. The average molecular weight is 339 g/mol. The van der Waals surface area contributed by atoms with Crippen LogP contribution in [-0.2, 0) is 12.8 Å². The van der Waals surface area contributed by atoms with E-state index in [0.29, 0.717) is 12.3 Å². The fourth-order valence-corrected chi connectivity index (χ4v) is 3.40. The summed E-state index contributed by atoms with van der Waals surface area (Å²) in [4.78, 5) is 13.1. The van der Waals surface area contributed by atoms with Crippen molar-refractivity contribution in [3.05, 3.63) is 65.7 Å². The van der Waals surface area contributed by atoms with E-state index < -0.39 is 6.03 Å². The lowest BCUT2D eigenvalue weighted by molar-refractivity contribution is 0.0406. The lowest BCUT2D eigenvalue weighted by atomic mass is 9.91. The van der Waals surface area contributed by atoms with Gasteiger partial charge >= 0.3 is 6.03 Å². The molecule has 0 spiro atoms. The van der Waals surface area contributed by atoms with E-state index in [1.807, 2.05) is 42.5 Å². The van der Waals surface area contributed by atoms with E-state index in [1.165, 1.54) is 11.1 Å². The molecule has 3 rings (SSSR count). The number of anilines is 1. The van der Waals surface area contributed by atoms with Crippen molar-refractivity contribution in [3.63, 3.8) is 0 Å². The van der Waals surface area contributed by atoms with Crippen LogP contribution in [0, 0.1) is 5.92 Å². The predicted molar refractivity (Wildman–Crippen MR) is 99.4 cm³/mol. The van der Waals surface area contributed by atoms with Gasteiger partial charge in [0.25, 0.3) is 0 Å². The van der Waals surface area contributed by atoms with Crippen LogP contribution in [0.15, 0.2) is 54.6 Å². The standard InChI is InChI=1S/C20H25N3O2/c21-20(25)22-18-8-6-16(7-9-18)10-17-12-23(13-17)14-19(24)11-15-4-2-1-3-5-15/h1-9,17,19,24H,10-14H2,(H3,21,22,25). The molecule has 1 aliphatic heterocycles. The van der Waals surface area contributed by atoms with Crippen LogP contribution in [0.25, 0.3) is 0 Å². The molecule has 5 heteroatoms. The van der Waals surface area contributed by atoms with Crippen LogP contribution in [-0.4, -0.2) is 41.8 Å². The zero-order chi connectivity index (χ0) is 17.6. The number of rotatable bonds is 7. The number of benzene rings is 2. The maximum atomic E-state index is 10.8. The van der Waals surface area contributed by atoms with Crippen LogP contribution in [0.5, 0.6) is 0 Å². The van der Waals surface area contributed by atoms with Crippen molar-refractivity contribution in [2.75, 3.05) is 25.0 Å². The minimum Gasteiger partial charge on any atom is -0.391 e. The van der Waals surface area contributed by atoms with Gasteiger partial charge < -0.3 is 21.1 Å². The Bertz CT molecular complexity index is 682. The second kappa shape index (κ2) is 8.14. The number of nitrogens with zero attached hydrogens (tertiary/aromatic N) is 1. The van der Waals surface area contributed by atoms with E-state index in [4.69, 9.17) is 5.73 Å². The number of amides is 2. The molecule has 4 N–H and O–H groups in total. The molecule has 1 fully saturated rings. The molecule has 0 aromatic heterocycles. The van der Waals surface area contributed by atoms with Crippen molar-refractivity contribution in [2.24, 2.45) is 11.7 Å². The zero-order valence-electron chi connectivity index (χ0n) is 14.3. The summed E-state index contributed by atoms with van der Waals surface area (Å²) in [6.07, 6.45) is 1.40. The number of hydrogen-bond donors (Lipinski definition) is 3. The molecule has 2 aromatic carbocycles. The van der Waals surface area contributed by atoms with Crippen molar-refractivity contribution in [3.8, 4) is 0 Å². The molecule has 1 aliphatic rings. The predicted octanol–water partition coefficient (Wildman–Crippen LogP) is 2.26. The molecule has 1 unspecified atom stereocenters. The molecule has 2 aromatic rings. The molecule has 5 nitrogen and oxygen atoms in total. The molecular formula is C20H25N3O2. The summed E-state index contributed by atoms with van der Waals surface area (Å²) < 4.78 is 0. The normalized spacial score (nSPS) is 16.2. The van der Waals surface area contributed by atoms with Gasteiger partial charge in [0.1, 0.15) is 0 Å². The van der Waals surface area contributed by atoms with Crippen LogP contribution in [0.2, 0.25) is 0 Å². The fraction of sp³-hybridized carbons (Fsp3) is 0.350. The number of aliphatic hydroxyl groups is 1. The van der Waals surface area contributed by atoms with Gasteiger partial charge in [-0.05, 0) is 42.0 Å². The first-order chi connectivity index (χ1) is 12.1. The summed E-state index contributed by atoms with van der Waals surface area (Å²) in [7, 11) is 0. The molecule has 1 heterocycles. The maximum Gasteiger partial charge on any atom is 0.316 e. The van der Waals surface area contributed by atoms with Gasteiger partial charge in [-0.3, -0.25) is 0 Å². The number of hydrogen-bond acceptors (Lipinski definition) is 3. The number of carbonyl (C=O) groups is 1. The highest BCUT2D eigenvalue weighted by Crippen LogP contribution is 2.22. The Morgan fingerprint density at radius 3 is 2.44 bits per heavy atom. The first-order valence-corrected chi connectivity index (χ1v) is 8.68. The van der Waals surface area contributed by atoms with Gasteiger partial charge in [0.2, 0.25) is 0 Å². The highest BCUT2D eigenvalue weighted by Gasteiger charge is 2.28. The van der Waals surface area contributed by atoms with Crippen molar-refractivity contribution in [1.82, 2.24) is 4.90 Å². The van der Waals surface area contributed by atoms with E-state index in [2.05, 4.69) is 22.3 Å². The number of urea groups is 1. The van der Waals surface area contributed by atoms with E-state index in [0.717, 1.165) is 31.7 Å². The molecule has 0 bridgehead atoms. The largest absolute Gasteiger partial charge is 0.391 e. The molecule has 0 radical (unpaired) electrons. The maximum absolute atomic E-state index is 10.8. The molecule has 25 heavy (non-hydrogen) atoms. The summed E-state index contributed by atoms with van der Waals surface area (Å²) in [5, 5.41) is 12.8.